The summed E-state index contributed by atoms with van der Waals surface area (Å²) in [5.74, 6) is 0.216. The molecule has 5 nitrogen and oxygen atoms in total. The van der Waals surface area contributed by atoms with Crippen molar-refractivity contribution in [3.63, 3.8) is 0 Å². The average molecular weight is 210 g/mol. The van der Waals surface area contributed by atoms with Gasteiger partial charge in [0, 0.05) is 13.1 Å². The van der Waals surface area contributed by atoms with Gasteiger partial charge >= 0.3 is 5.97 Å². The van der Waals surface area contributed by atoms with Crippen LogP contribution >= 0.6 is 0 Å². The molecule has 82 valence electrons. The second-order valence-corrected chi connectivity index (χ2v) is 2.99. The fourth-order valence-electron chi connectivity index (χ4n) is 1.31. The van der Waals surface area contributed by atoms with Crippen LogP contribution in [-0.2, 0) is 16.6 Å². The molecule has 0 atom stereocenters. The summed E-state index contributed by atoms with van der Waals surface area (Å²) in [4.78, 5) is 10.9. The molecule has 0 spiro atoms. The minimum atomic E-state index is -0.402. The number of ether oxygens (including phenoxy) is 2. The highest BCUT2D eigenvalue weighted by Crippen LogP contribution is 2.22. The standard InChI is InChI=1S/C10H14N2O3/c1-7-8(5-6-9(13)14-3)10(15-4)12(2)11-7/h5-6H,1-4H3/b6-5+. The Morgan fingerprint density at radius 3 is 2.67 bits per heavy atom. The highest BCUT2D eigenvalue weighted by Gasteiger charge is 2.10. The van der Waals surface area contributed by atoms with Crippen molar-refractivity contribution in [2.45, 2.75) is 6.92 Å². The van der Waals surface area contributed by atoms with Crippen molar-refractivity contribution >= 4 is 12.0 Å². The SMILES string of the molecule is COC(=O)/C=C/c1c(C)nn(C)c1OC. The molecule has 0 aliphatic carbocycles. The van der Waals surface area contributed by atoms with E-state index in [2.05, 4.69) is 9.84 Å². The summed E-state index contributed by atoms with van der Waals surface area (Å²) < 4.78 is 11.3. The maximum absolute atomic E-state index is 10.9. The van der Waals surface area contributed by atoms with Gasteiger partial charge in [-0.05, 0) is 13.0 Å². The Morgan fingerprint density at radius 2 is 2.13 bits per heavy atom. The highest BCUT2D eigenvalue weighted by atomic mass is 16.5. The second kappa shape index (κ2) is 4.63. The first-order chi connectivity index (χ1) is 7.10. The number of hydrogen-bond acceptors (Lipinski definition) is 4. The van der Waals surface area contributed by atoms with Crippen LogP contribution in [-0.4, -0.2) is 30.0 Å². The molecule has 0 aliphatic rings. The fourth-order valence-corrected chi connectivity index (χ4v) is 1.31. The molecule has 0 radical (unpaired) electrons. The number of aromatic nitrogens is 2. The third-order valence-electron chi connectivity index (χ3n) is 1.99. The van der Waals surface area contributed by atoms with E-state index in [4.69, 9.17) is 4.74 Å². The Bertz CT molecular complexity index is 394. The van der Waals surface area contributed by atoms with E-state index in [0.717, 1.165) is 11.3 Å². The number of methoxy groups -OCH3 is 2. The van der Waals surface area contributed by atoms with Gasteiger partial charge in [0.1, 0.15) is 0 Å². The molecule has 0 saturated heterocycles. The van der Waals surface area contributed by atoms with Gasteiger partial charge in [0.25, 0.3) is 0 Å². The fraction of sp³-hybridized carbons (Fsp3) is 0.400. The lowest BCUT2D eigenvalue weighted by Gasteiger charge is -2.00. The summed E-state index contributed by atoms with van der Waals surface area (Å²) in [5.41, 5.74) is 1.58. The monoisotopic (exact) mass is 210 g/mol. The number of aryl methyl sites for hydroxylation is 2. The molecule has 1 aromatic rings. The lowest BCUT2D eigenvalue weighted by Crippen LogP contribution is -1.96. The quantitative estimate of drug-likeness (QED) is 0.550. The largest absolute Gasteiger partial charge is 0.481 e. The first-order valence-electron chi connectivity index (χ1n) is 4.43. The molecule has 0 N–H and O–H groups in total. The molecule has 1 heterocycles. The minimum absolute atomic E-state index is 0.402. The molecule has 0 fully saturated rings. The molecule has 0 aromatic carbocycles. The summed E-state index contributed by atoms with van der Waals surface area (Å²) in [6, 6.07) is 0. The molecule has 15 heavy (non-hydrogen) atoms. The van der Waals surface area contributed by atoms with Crippen LogP contribution in [0.15, 0.2) is 6.08 Å². The predicted octanol–water partition coefficient (Wildman–Crippen LogP) is 0.923. The zero-order valence-corrected chi connectivity index (χ0v) is 9.27. The van der Waals surface area contributed by atoms with Crippen LogP contribution in [0, 0.1) is 6.92 Å². The van der Waals surface area contributed by atoms with Crippen LogP contribution < -0.4 is 4.74 Å². The topological polar surface area (TPSA) is 53.3 Å². The highest BCUT2D eigenvalue weighted by molar-refractivity contribution is 5.87. The molecular weight excluding hydrogens is 196 g/mol. The maximum atomic E-state index is 10.9. The van der Waals surface area contributed by atoms with Crippen molar-refractivity contribution < 1.29 is 14.3 Å². The second-order valence-electron chi connectivity index (χ2n) is 2.99. The first-order valence-corrected chi connectivity index (χ1v) is 4.43. The Balaban J connectivity index is 3.03. The van der Waals surface area contributed by atoms with Gasteiger partial charge in [-0.2, -0.15) is 5.10 Å². The van der Waals surface area contributed by atoms with Gasteiger partial charge in [-0.3, -0.25) is 0 Å². The zero-order chi connectivity index (χ0) is 11.4. The lowest BCUT2D eigenvalue weighted by molar-refractivity contribution is -0.134. The Hall–Kier alpha value is -1.78. The summed E-state index contributed by atoms with van der Waals surface area (Å²) in [6.45, 7) is 1.85. The molecule has 1 rings (SSSR count). The van der Waals surface area contributed by atoms with E-state index in [-0.39, 0.29) is 0 Å². The minimum Gasteiger partial charge on any atom is -0.481 e. The first kappa shape index (κ1) is 11.3. The van der Waals surface area contributed by atoms with Gasteiger partial charge in [-0.15, -0.1) is 0 Å². The van der Waals surface area contributed by atoms with Gasteiger partial charge in [-0.25, -0.2) is 9.48 Å². The number of esters is 1. The molecule has 0 amide bonds. The number of rotatable bonds is 3. The number of nitrogens with zero attached hydrogens (tertiary/aromatic N) is 2. The summed E-state index contributed by atoms with van der Waals surface area (Å²) in [7, 11) is 4.67. The zero-order valence-electron chi connectivity index (χ0n) is 9.27. The van der Waals surface area contributed by atoms with Crippen LogP contribution in [0.5, 0.6) is 5.88 Å². The molecule has 0 unspecified atom stereocenters. The van der Waals surface area contributed by atoms with E-state index >= 15 is 0 Å². The van der Waals surface area contributed by atoms with Crippen molar-refractivity contribution in [2.75, 3.05) is 14.2 Å². The summed E-state index contributed by atoms with van der Waals surface area (Å²) in [5, 5.41) is 4.17. The van der Waals surface area contributed by atoms with Crippen molar-refractivity contribution in [3.8, 4) is 5.88 Å². The molecule has 1 aromatic heterocycles. The van der Waals surface area contributed by atoms with E-state index in [1.54, 1.807) is 24.9 Å². The molecular formula is C10H14N2O3. The Kier molecular flexibility index (Phi) is 3.49. The van der Waals surface area contributed by atoms with Gasteiger partial charge in [0.2, 0.25) is 5.88 Å². The Morgan fingerprint density at radius 1 is 1.47 bits per heavy atom. The van der Waals surface area contributed by atoms with Crippen molar-refractivity contribution in [2.24, 2.45) is 7.05 Å². The predicted molar refractivity (Wildman–Crippen MR) is 55.5 cm³/mol. The van der Waals surface area contributed by atoms with Gasteiger partial charge in [0.15, 0.2) is 0 Å². The number of carbonyl (C=O) groups excluding carboxylic acids is 1. The van der Waals surface area contributed by atoms with Crippen molar-refractivity contribution in [3.05, 3.63) is 17.3 Å². The van der Waals surface area contributed by atoms with Gasteiger partial charge in [-0.1, -0.05) is 0 Å². The van der Waals surface area contributed by atoms with E-state index in [1.807, 2.05) is 6.92 Å². The smallest absolute Gasteiger partial charge is 0.330 e. The van der Waals surface area contributed by atoms with Crippen LogP contribution in [0.1, 0.15) is 11.3 Å². The van der Waals surface area contributed by atoms with Gasteiger partial charge < -0.3 is 9.47 Å². The van der Waals surface area contributed by atoms with Crippen molar-refractivity contribution in [1.29, 1.82) is 0 Å². The van der Waals surface area contributed by atoms with E-state index < -0.39 is 5.97 Å². The van der Waals surface area contributed by atoms with Crippen LogP contribution in [0.25, 0.3) is 6.08 Å². The van der Waals surface area contributed by atoms with E-state index in [0.29, 0.717) is 5.88 Å². The van der Waals surface area contributed by atoms with E-state index in [1.165, 1.54) is 13.2 Å². The summed E-state index contributed by atoms with van der Waals surface area (Å²) in [6.07, 6.45) is 2.97. The molecule has 5 heteroatoms. The van der Waals surface area contributed by atoms with Crippen LogP contribution in [0.3, 0.4) is 0 Å². The Labute approximate surface area is 88.3 Å². The normalized spacial score (nSPS) is 10.7. The number of carbonyl (C=O) groups is 1. The van der Waals surface area contributed by atoms with Crippen molar-refractivity contribution in [1.82, 2.24) is 9.78 Å². The van der Waals surface area contributed by atoms with Crippen LogP contribution in [0.2, 0.25) is 0 Å². The molecule has 0 saturated carbocycles. The summed E-state index contributed by atoms with van der Waals surface area (Å²) >= 11 is 0. The van der Waals surface area contributed by atoms with Crippen LogP contribution in [0.4, 0.5) is 0 Å². The maximum Gasteiger partial charge on any atom is 0.330 e. The third-order valence-corrected chi connectivity index (χ3v) is 1.99. The molecule has 0 aliphatic heterocycles. The third kappa shape index (κ3) is 2.37. The lowest BCUT2D eigenvalue weighted by atomic mass is 10.2. The number of hydrogen-bond donors (Lipinski definition) is 0. The van der Waals surface area contributed by atoms with Gasteiger partial charge in [0.05, 0.1) is 25.5 Å². The average Bonchev–Trinajstić information content (AvgIpc) is 2.49. The molecule has 0 bridgehead atoms. The van der Waals surface area contributed by atoms with E-state index in [9.17, 15) is 4.79 Å².